The first-order chi connectivity index (χ1) is 16.8. The number of carbonyl (C=O) groups excluding carboxylic acids is 3. The van der Waals surface area contributed by atoms with Crippen LogP contribution in [0.2, 0.25) is 10.0 Å². The number of hydrogen-bond donors (Lipinski definition) is 0. The summed E-state index contributed by atoms with van der Waals surface area (Å²) < 4.78 is 0. The Labute approximate surface area is 212 Å². The molecule has 0 bridgehead atoms. The molecular weight excluding hydrogens is 487 g/mol. The Kier molecular flexibility index (Phi) is 5.62. The van der Waals surface area contributed by atoms with Gasteiger partial charge in [-0.25, -0.2) is 9.80 Å². The summed E-state index contributed by atoms with van der Waals surface area (Å²) in [5.74, 6) is -2.21. The Morgan fingerprint density at radius 1 is 0.771 bits per heavy atom. The van der Waals surface area contributed by atoms with Crippen LogP contribution in [0.25, 0.3) is 0 Å². The fraction of sp³-hybridized carbons (Fsp3) is 0.154. The lowest BCUT2D eigenvalue weighted by Crippen LogP contribution is -2.73. The lowest BCUT2D eigenvalue weighted by Gasteiger charge is -2.46. The summed E-state index contributed by atoms with van der Waals surface area (Å²) in [5.41, 5.74) is 0.436. The zero-order valence-electron chi connectivity index (χ0n) is 18.9. The first kappa shape index (κ1) is 23.1. The third kappa shape index (κ3) is 3.42. The normalized spacial score (nSPS) is 19.5. The van der Waals surface area contributed by atoms with Gasteiger partial charge in [-0.15, -0.1) is 0 Å². The summed E-state index contributed by atoms with van der Waals surface area (Å²) in [4.78, 5) is 42.9. The summed E-state index contributed by atoms with van der Waals surface area (Å²) >= 11 is 12.5. The highest BCUT2D eigenvalue weighted by atomic mass is 35.5. The van der Waals surface area contributed by atoms with E-state index >= 15 is 0 Å². The molecule has 4 amide bonds. The fourth-order valence-corrected chi connectivity index (χ4v) is 5.06. The molecule has 0 radical (unpaired) electrons. The molecule has 3 aromatic rings. The highest BCUT2D eigenvalue weighted by Gasteiger charge is 2.68. The number of anilines is 1. The number of urea groups is 1. The van der Waals surface area contributed by atoms with E-state index in [0.29, 0.717) is 27.0 Å². The van der Waals surface area contributed by atoms with Crippen LogP contribution < -0.4 is 5.01 Å². The molecule has 3 aromatic carbocycles. The average Bonchev–Trinajstić information content (AvgIpc) is 3.23. The Morgan fingerprint density at radius 3 is 2.00 bits per heavy atom. The van der Waals surface area contributed by atoms with E-state index in [1.165, 1.54) is 19.1 Å². The molecule has 9 heteroatoms. The summed E-state index contributed by atoms with van der Waals surface area (Å²) in [7, 11) is 2.73. The van der Waals surface area contributed by atoms with Gasteiger partial charge < -0.3 is 0 Å². The molecule has 2 aliphatic heterocycles. The van der Waals surface area contributed by atoms with E-state index in [1.807, 2.05) is 30.3 Å². The number of carbonyl (C=O) groups is 3. The van der Waals surface area contributed by atoms with Crippen molar-refractivity contribution in [3.05, 3.63) is 100 Å². The number of barbiturate groups is 1. The molecule has 1 spiro atoms. The summed E-state index contributed by atoms with van der Waals surface area (Å²) in [6.45, 7) is 0. The third-order valence-electron chi connectivity index (χ3n) is 6.39. The van der Waals surface area contributed by atoms with Gasteiger partial charge in [-0.3, -0.25) is 19.4 Å². The van der Waals surface area contributed by atoms with E-state index in [2.05, 4.69) is 0 Å². The molecule has 5 rings (SSSR count). The van der Waals surface area contributed by atoms with Crippen molar-refractivity contribution in [3.63, 3.8) is 0 Å². The Hall–Kier alpha value is -3.68. The van der Waals surface area contributed by atoms with Gasteiger partial charge in [0.15, 0.2) is 0 Å². The van der Waals surface area contributed by atoms with Gasteiger partial charge in [0.05, 0.1) is 17.3 Å². The van der Waals surface area contributed by atoms with Crippen molar-refractivity contribution in [2.75, 3.05) is 19.1 Å². The Bertz CT molecular complexity index is 1350. The first-order valence-electron chi connectivity index (χ1n) is 10.8. The van der Waals surface area contributed by atoms with Crippen LogP contribution in [0.5, 0.6) is 0 Å². The molecule has 1 saturated heterocycles. The lowest BCUT2D eigenvalue weighted by molar-refractivity contribution is -0.150. The number of hydrazone groups is 1. The van der Waals surface area contributed by atoms with Crippen molar-refractivity contribution >= 4 is 52.4 Å². The maximum Gasteiger partial charge on any atom is 0.333 e. The highest BCUT2D eigenvalue weighted by Crippen LogP contribution is 2.48. The number of nitrogens with zero attached hydrogens (tertiary/aromatic N) is 4. The van der Waals surface area contributed by atoms with Crippen LogP contribution in [-0.4, -0.2) is 53.0 Å². The van der Waals surface area contributed by atoms with E-state index in [9.17, 15) is 14.4 Å². The molecule has 2 aliphatic rings. The van der Waals surface area contributed by atoms with Gasteiger partial charge in [0.25, 0.3) is 11.8 Å². The van der Waals surface area contributed by atoms with Crippen LogP contribution in [0, 0.1) is 0 Å². The first-order valence-corrected chi connectivity index (χ1v) is 11.6. The fourth-order valence-electron chi connectivity index (χ4n) is 4.75. The third-order valence-corrected chi connectivity index (χ3v) is 6.88. The molecule has 0 saturated carbocycles. The van der Waals surface area contributed by atoms with Gasteiger partial charge in [0, 0.05) is 24.1 Å². The maximum absolute atomic E-state index is 14.1. The quantitative estimate of drug-likeness (QED) is 0.478. The molecule has 0 aromatic heterocycles. The molecule has 35 heavy (non-hydrogen) atoms. The predicted molar refractivity (Wildman–Crippen MR) is 135 cm³/mol. The van der Waals surface area contributed by atoms with Gasteiger partial charge in [0.1, 0.15) is 0 Å². The summed E-state index contributed by atoms with van der Waals surface area (Å²) in [6.07, 6.45) is 0. The molecular formula is C26H20Cl2N4O3. The van der Waals surface area contributed by atoms with Crippen molar-refractivity contribution < 1.29 is 14.4 Å². The lowest BCUT2D eigenvalue weighted by atomic mass is 9.72. The van der Waals surface area contributed by atoms with Crippen LogP contribution in [0.3, 0.4) is 0 Å². The minimum atomic E-state index is -1.90. The Morgan fingerprint density at radius 2 is 1.40 bits per heavy atom. The standard InChI is InChI=1S/C26H20Cl2N4O3/c1-30-23(33)26(24(34)31(2)25(30)35)21(16-11-13-18(27)14-12-16)22(17-7-4-3-5-8-17)29-32(26)20-10-6-9-19(28)15-20/h3-15,21H,1-2H3. The van der Waals surface area contributed by atoms with E-state index < -0.39 is 29.3 Å². The second-order valence-electron chi connectivity index (χ2n) is 8.40. The van der Waals surface area contributed by atoms with Crippen molar-refractivity contribution in [2.45, 2.75) is 11.5 Å². The van der Waals surface area contributed by atoms with Gasteiger partial charge in [0.2, 0.25) is 5.54 Å². The van der Waals surface area contributed by atoms with Crippen LogP contribution in [-0.2, 0) is 9.59 Å². The number of imide groups is 2. The monoisotopic (exact) mass is 506 g/mol. The van der Waals surface area contributed by atoms with Crippen LogP contribution >= 0.6 is 23.2 Å². The summed E-state index contributed by atoms with van der Waals surface area (Å²) in [5, 5.41) is 7.21. The topological polar surface area (TPSA) is 73.3 Å². The van der Waals surface area contributed by atoms with E-state index in [-0.39, 0.29) is 0 Å². The second-order valence-corrected chi connectivity index (χ2v) is 9.28. The van der Waals surface area contributed by atoms with Gasteiger partial charge in [-0.2, -0.15) is 5.10 Å². The maximum atomic E-state index is 14.1. The van der Waals surface area contributed by atoms with Crippen molar-refractivity contribution in [1.82, 2.24) is 9.80 Å². The molecule has 1 unspecified atom stereocenters. The van der Waals surface area contributed by atoms with Crippen LogP contribution in [0.15, 0.2) is 84.0 Å². The smallest absolute Gasteiger partial charge is 0.271 e. The molecule has 0 aliphatic carbocycles. The van der Waals surface area contributed by atoms with E-state index in [0.717, 1.165) is 15.4 Å². The number of amides is 4. The predicted octanol–water partition coefficient (Wildman–Crippen LogP) is 4.79. The van der Waals surface area contributed by atoms with Crippen molar-refractivity contribution in [3.8, 4) is 0 Å². The molecule has 1 fully saturated rings. The molecule has 2 heterocycles. The largest absolute Gasteiger partial charge is 0.333 e. The zero-order chi connectivity index (χ0) is 24.9. The summed E-state index contributed by atoms with van der Waals surface area (Å²) in [6, 6.07) is 22.3. The molecule has 0 N–H and O–H groups in total. The number of hydrogen-bond acceptors (Lipinski definition) is 5. The minimum Gasteiger partial charge on any atom is -0.271 e. The average molecular weight is 507 g/mol. The van der Waals surface area contributed by atoms with E-state index in [1.54, 1.807) is 48.5 Å². The number of rotatable bonds is 3. The SMILES string of the molecule is CN1C(=O)N(C)C(=O)C2(C1=O)C(c1ccc(Cl)cc1)C(c1ccccc1)=NN2c1cccc(Cl)c1. The molecule has 7 nitrogen and oxygen atoms in total. The molecule has 176 valence electrons. The minimum absolute atomic E-state index is 0.414. The van der Waals surface area contributed by atoms with Crippen molar-refractivity contribution in [2.24, 2.45) is 5.10 Å². The highest BCUT2D eigenvalue weighted by molar-refractivity contribution is 6.32. The van der Waals surface area contributed by atoms with Gasteiger partial charge in [-0.1, -0.05) is 71.7 Å². The van der Waals surface area contributed by atoms with E-state index in [4.69, 9.17) is 28.3 Å². The van der Waals surface area contributed by atoms with Crippen LogP contribution in [0.4, 0.5) is 10.5 Å². The van der Waals surface area contributed by atoms with Crippen LogP contribution in [0.1, 0.15) is 17.0 Å². The number of halogens is 2. The van der Waals surface area contributed by atoms with Gasteiger partial charge >= 0.3 is 6.03 Å². The molecule has 1 atom stereocenters. The number of likely N-dealkylation sites (N-methyl/N-ethyl adjacent to an activating group) is 2. The number of benzene rings is 3. The van der Waals surface area contributed by atoms with Gasteiger partial charge in [-0.05, 0) is 41.5 Å². The Balaban J connectivity index is 1.86. The van der Waals surface area contributed by atoms with Crippen molar-refractivity contribution in [1.29, 1.82) is 0 Å². The second kappa shape index (κ2) is 8.52. The zero-order valence-corrected chi connectivity index (χ0v) is 20.4.